The number of nitrogens with two attached hydrogens (primary N) is 1. The number of hydrogen-bond acceptors (Lipinski definition) is 6. The van der Waals surface area contributed by atoms with Crippen molar-refractivity contribution in [2.45, 2.75) is 13.1 Å². The van der Waals surface area contributed by atoms with Gasteiger partial charge in [-0.25, -0.2) is 14.5 Å². The highest BCUT2D eigenvalue weighted by molar-refractivity contribution is 5.91. The minimum atomic E-state index is -4.62. The molecule has 11 heteroatoms. The van der Waals surface area contributed by atoms with E-state index in [1.807, 2.05) is 0 Å². The van der Waals surface area contributed by atoms with Crippen LogP contribution in [0.5, 0.6) is 0 Å². The summed E-state index contributed by atoms with van der Waals surface area (Å²) >= 11 is 0. The summed E-state index contributed by atoms with van der Waals surface area (Å²) in [5.74, 6) is -0.733. The number of nitrogen functional groups attached to an aromatic ring is 1. The lowest BCUT2D eigenvalue weighted by Crippen LogP contribution is -2.18. The van der Waals surface area contributed by atoms with Gasteiger partial charge in [0.05, 0.1) is 17.5 Å². The topological polar surface area (TPSA) is 107 Å². The summed E-state index contributed by atoms with van der Waals surface area (Å²) in [5, 5.41) is 6.76. The van der Waals surface area contributed by atoms with Crippen molar-refractivity contribution in [2.24, 2.45) is 0 Å². The first-order chi connectivity index (χ1) is 12.8. The van der Waals surface area contributed by atoms with E-state index in [2.05, 4.69) is 20.4 Å². The van der Waals surface area contributed by atoms with E-state index in [0.717, 1.165) is 6.07 Å². The van der Waals surface area contributed by atoms with Crippen molar-refractivity contribution < 1.29 is 22.7 Å². The van der Waals surface area contributed by atoms with Crippen molar-refractivity contribution in [3.63, 3.8) is 0 Å². The van der Waals surface area contributed by atoms with Gasteiger partial charge in [0.1, 0.15) is 12.4 Å². The van der Waals surface area contributed by atoms with Gasteiger partial charge in [-0.1, -0.05) is 0 Å². The summed E-state index contributed by atoms with van der Waals surface area (Å²) in [6.07, 6.45) is -1.97. The van der Waals surface area contributed by atoms with Gasteiger partial charge in [-0.15, -0.1) is 0 Å². The minimum absolute atomic E-state index is 0.111. The van der Waals surface area contributed by atoms with Gasteiger partial charge < -0.3 is 15.8 Å². The van der Waals surface area contributed by atoms with Crippen molar-refractivity contribution in [3.8, 4) is 11.3 Å². The Hall–Kier alpha value is -3.21. The second-order valence-electron chi connectivity index (χ2n) is 5.49. The van der Waals surface area contributed by atoms with E-state index >= 15 is 0 Å². The Morgan fingerprint density at radius 3 is 2.85 bits per heavy atom. The van der Waals surface area contributed by atoms with E-state index < -0.39 is 17.6 Å². The molecule has 27 heavy (non-hydrogen) atoms. The molecular formula is C16H15F3N6O2. The van der Waals surface area contributed by atoms with E-state index in [-0.39, 0.29) is 29.6 Å². The van der Waals surface area contributed by atoms with E-state index in [1.54, 1.807) is 13.0 Å². The predicted molar refractivity (Wildman–Crippen MR) is 90.8 cm³/mol. The number of fused-ring (bicyclic) bond motifs is 1. The number of nitrogens with one attached hydrogen (secondary N) is 1. The maximum atomic E-state index is 13.0. The Morgan fingerprint density at radius 1 is 1.37 bits per heavy atom. The van der Waals surface area contributed by atoms with Crippen LogP contribution in [0.3, 0.4) is 0 Å². The lowest BCUT2D eigenvalue weighted by atomic mass is 10.1. The molecule has 3 rings (SSSR count). The quantitative estimate of drug-likeness (QED) is 0.704. The van der Waals surface area contributed by atoms with E-state index in [9.17, 15) is 18.0 Å². The summed E-state index contributed by atoms with van der Waals surface area (Å²) < 4.78 is 45.4. The van der Waals surface area contributed by atoms with Crippen LogP contribution >= 0.6 is 0 Å². The molecule has 0 fully saturated rings. The first-order valence-electron chi connectivity index (χ1n) is 7.85. The summed E-state index contributed by atoms with van der Waals surface area (Å²) in [4.78, 5) is 19.4. The Kier molecular flexibility index (Phi) is 4.95. The molecule has 0 atom stereocenters. The van der Waals surface area contributed by atoms with Gasteiger partial charge in [-0.3, -0.25) is 4.79 Å². The number of alkyl halides is 3. The second kappa shape index (κ2) is 7.19. The van der Waals surface area contributed by atoms with Crippen LogP contribution in [0.25, 0.3) is 16.9 Å². The number of carbonyl (C=O) groups is 1. The maximum absolute atomic E-state index is 13.0. The number of nitrogens with zero attached hydrogens (tertiary/aromatic N) is 4. The lowest BCUT2D eigenvalue weighted by molar-refractivity contribution is -0.137. The van der Waals surface area contributed by atoms with Crippen LogP contribution in [0, 0.1) is 0 Å². The molecule has 0 aliphatic rings. The number of imidazole rings is 1. The fourth-order valence-corrected chi connectivity index (χ4v) is 2.31. The molecule has 0 spiro atoms. The number of anilines is 2. The number of amides is 1. The molecule has 142 valence electrons. The monoisotopic (exact) mass is 380 g/mol. The summed E-state index contributed by atoms with van der Waals surface area (Å²) in [6, 6.07) is 3.95. The molecule has 0 aliphatic carbocycles. The molecule has 0 aliphatic heterocycles. The van der Waals surface area contributed by atoms with Crippen molar-refractivity contribution >= 4 is 23.2 Å². The Labute approximate surface area is 151 Å². The van der Waals surface area contributed by atoms with Gasteiger partial charge in [0.15, 0.2) is 11.5 Å². The molecule has 0 aromatic carbocycles. The van der Waals surface area contributed by atoms with Gasteiger partial charge in [-0.2, -0.15) is 18.3 Å². The van der Waals surface area contributed by atoms with Crippen LogP contribution in [-0.4, -0.2) is 38.7 Å². The summed E-state index contributed by atoms with van der Waals surface area (Å²) in [5.41, 5.74) is 5.08. The van der Waals surface area contributed by atoms with Crippen molar-refractivity contribution in [1.82, 2.24) is 19.6 Å². The number of pyridine rings is 1. The molecule has 3 heterocycles. The van der Waals surface area contributed by atoms with Gasteiger partial charge >= 0.3 is 6.18 Å². The van der Waals surface area contributed by atoms with E-state index in [1.165, 1.54) is 23.0 Å². The highest BCUT2D eigenvalue weighted by Crippen LogP contribution is 2.34. The second-order valence-corrected chi connectivity index (χ2v) is 5.49. The van der Waals surface area contributed by atoms with Crippen molar-refractivity contribution in [2.75, 3.05) is 24.3 Å². The fraction of sp³-hybridized carbons (Fsp3) is 0.250. The third-order valence-corrected chi connectivity index (χ3v) is 3.54. The van der Waals surface area contributed by atoms with Gasteiger partial charge in [0, 0.05) is 18.4 Å². The number of rotatable bonds is 5. The standard InChI is InChI=1S/C16H15F3N6O2/c1-2-27-8-14(26)23-12-7-25-13(22-12)4-3-11(24-25)9-5-10(16(17,18)19)15(20)21-6-9/h3-7H,2,8H2,1H3,(H2,20,21)(H,23,26). The number of halogens is 3. The fourth-order valence-electron chi connectivity index (χ4n) is 2.31. The SMILES string of the molecule is CCOCC(=O)Nc1cn2nc(-c3cnc(N)c(C(F)(F)F)c3)ccc2n1. The molecule has 0 radical (unpaired) electrons. The molecule has 0 bridgehead atoms. The molecule has 3 aromatic rings. The normalized spacial score (nSPS) is 11.7. The number of aromatic nitrogens is 4. The molecule has 0 saturated heterocycles. The molecule has 0 unspecified atom stereocenters. The summed E-state index contributed by atoms with van der Waals surface area (Å²) in [6.45, 7) is 2.05. The smallest absolute Gasteiger partial charge is 0.383 e. The van der Waals surface area contributed by atoms with E-state index in [4.69, 9.17) is 10.5 Å². The Bertz CT molecular complexity index is 986. The third-order valence-electron chi connectivity index (χ3n) is 3.54. The largest absolute Gasteiger partial charge is 0.419 e. The maximum Gasteiger partial charge on any atom is 0.419 e. The molecular weight excluding hydrogens is 365 g/mol. The van der Waals surface area contributed by atoms with Crippen molar-refractivity contribution in [1.29, 1.82) is 0 Å². The van der Waals surface area contributed by atoms with Crippen LogP contribution in [-0.2, 0) is 15.7 Å². The van der Waals surface area contributed by atoms with Crippen molar-refractivity contribution in [3.05, 3.63) is 36.2 Å². The first-order valence-corrected chi connectivity index (χ1v) is 7.85. The molecule has 3 N–H and O–H groups in total. The third kappa shape index (κ3) is 4.14. The van der Waals surface area contributed by atoms with Gasteiger partial charge in [0.25, 0.3) is 5.91 Å². The van der Waals surface area contributed by atoms with Crippen LogP contribution < -0.4 is 11.1 Å². The molecule has 8 nitrogen and oxygen atoms in total. The molecule has 1 amide bonds. The zero-order valence-corrected chi connectivity index (χ0v) is 14.1. The number of ether oxygens (including phenoxy) is 1. The zero-order chi connectivity index (χ0) is 19.6. The predicted octanol–water partition coefficient (Wildman–Crippen LogP) is 2.37. The van der Waals surface area contributed by atoms with Crippen LogP contribution in [0.15, 0.2) is 30.6 Å². The summed E-state index contributed by atoms with van der Waals surface area (Å²) in [7, 11) is 0. The minimum Gasteiger partial charge on any atom is -0.383 e. The highest BCUT2D eigenvalue weighted by atomic mass is 19.4. The average molecular weight is 380 g/mol. The van der Waals surface area contributed by atoms with Crippen LogP contribution in [0.4, 0.5) is 24.8 Å². The Balaban J connectivity index is 1.90. The number of hydrogen-bond donors (Lipinski definition) is 2. The highest BCUT2D eigenvalue weighted by Gasteiger charge is 2.34. The first kappa shape index (κ1) is 18.6. The lowest BCUT2D eigenvalue weighted by Gasteiger charge is -2.10. The Morgan fingerprint density at radius 2 is 2.15 bits per heavy atom. The van der Waals surface area contributed by atoms with Crippen LogP contribution in [0.1, 0.15) is 12.5 Å². The zero-order valence-electron chi connectivity index (χ0n) is 14.1. The molecule has 3 aromatic heterocycles. The van der Waals surface area contributed by atoms with Gasteiger partial charge in [-0.05, 0) is 25.1 Å². The molecule has 0 saturated carbocycles. The van der Waals surface area contributed by atoms with E-state index in [0.29, 0.717) is 12.3 Å². The number of carbonyl (C=O) groups excluding carboxylic acids is 1. The van der Waals surface area contributed by atoms with Crippen LogP contribution in [0.2, 0.25) is 0 Å². The van der Waals surface area contributed by atoms with Gasteiger partial charge in [0.2, 0.25) is 0 Å². The average Bonchev–Trinajstić information content (AvgIpc) is 3.00.